The van der Waals surface area contributed by atoms with Gasteiger partial charge in [0.25, 0.3) is 0 Å². The van der Waals surface area contributed by atoms with Crippen LogP contribution in [0.1, 0.15) is 0 Å². The van der Waals surface area contributed by atoms with Crippen molar-refractivity contribution in [3.8, 4) is 5.75 Å². The third-order valence-corrected chi connectivity index (χ3v) is 2.13. The van der Waals surface area contributed by atoms with E-state index in [0.717, 1.165) is 0 Å². The molecule has 0 amide bonds. The molecular weight excluding hydrogens is 209 g/mol. The van der Waals surface area contributed by atoms with Crippen LogP contribution in [0.3, 0.4) is 0 Å². The van der Waals surface area contributed by atoms with Gasteiger partial charge in [-0.15, -0.1) is 3.89 Å². The molecule has 0 saturated carbocycles. The highest BCUT2D eigenvalue weighted by Crippen LogP contribution is 2.26. The van der Waals surface area contributed by atoms with Gasteiger partial charge in [0.1, 0.15) is 5.82 Å². The Morgan fingerprint density at radius 2 is 1.77 bits per heavy atom. The predicted molar refractivity (Wildman–Crippen MR) is 36.3 cm³/mol. The molecule has 0 aromatic heterocycles. The lowest BCUT2D eigenvalue weighted by molar-refractivity contribution is 0.410. The second-order valence-electron chi connectivity index (χ2n) is 2.15. The monoisotopic (exact) mass is 212 g/mol. The first-order valence-corrected chi connectivity index (χ1v) is 4.34. The molecule has 0 unspecified atom stereocenters. The summed E-state index contributed by atoms with van der Waals surface area (Å²) in [6, 6.07) is 1.03. The molecule has 0 spiro atoms. The SMILES string of the molecule is O=S(=O)(F)c1c(F)ccc(O)c1F. The minimum absolute atomic E-state index is 0.449. The van der Waals surface area contributed by atoms with Crippen LogP contribution in [0, 0.1) is 11.6 Å². The van der Waals surface area contributed by atoms with Gasteiger partial charge in [0, 0.05) is 0 Å². The van der Waals surface area contributed by atoms with Crippen LogP contribution in [0.2, 0.25) is 0 Å². The minimum atomic E-state index is -5.50. The van der Waals surface area contributed by atoms with Gasteiger partial charge in [-0.2, -0.15) is 8.42 Å². The Balaban J connectivity index is 3.62. The molecule has 0 saturated heterocycles. The lowest BCUT2D eigenvalue weighted by Crippen LogP contribution is -2.00. The van der Waals surface area contributed by atoms with Crippen molar-refractivity contribution >= 4 is 10.2 Å². The van der Waals surface area contributed by atoms with Gasteiger partial charge in [0.15, 0.2) is 16.5 Å². The largest absolute Gasteiger partial charge is 0.505 e. The maximum absolute atomic E-state index is 12.6. The quantitative estimate of drug-likeness (QED) is 0.714. The van der Waals surface area contributed by atoms with E-state index in [1.54, 1.807) is 0 Å². The van der Waals surface area contributed by atoms with Crippen LogP contribution in [-0.4, -0.2) is 13.5 Å². The molecule has 1 rings (SSSR count). The van der Waals surface area contributed by atoms with E-state index in [9.17, 15) is 21.1 Å². The summed E-state index contributed by atoms with van der Waals surface area (Å²) in [4.78, 5) is -1.77. The van der Waals surface area contributed by atoms with Crippen molar-refractivity contribution in [1.29, 1.82) is 0 Å². The van der Waals surface area contributed by atoms with Crippen molar-refractivity contribution in [1.82, 2.24) is 0 Å². The van der Waals surface area contributed by atoms with E-state index < -0.39 is 32.5 Å². The number of hydrogen-bond donors (Lipinski definition) is 1. The van der Waals surface area contributed by atoms with Gasteiger partial charge >= 0.3 is 10.2 Å². The zero-order valence-electron chi connectivity index (χ0n) is 5.96. The molecule has 0 heterocycles. The highest BCUT2D eigenvalue weighted by Gasteiger charge is 2.25. The number of hydrogen-bond acceptors (Lipinski definition) is 3. The average Bonchev–Trinajstić information content (AvgIpc) is 1.95. The van der Waals surface area contributed by atoms with Gasteiger partial charge in [0.05, 0.1) is 0 Å². The highest BCUT2D eigenvalue weighted by molar-refractivity contribution is 7.86. The topological polar surface area (TPSA) is 54.4 Å². The second kappa shape index (κ2) is 2.91. The number of phenolic OH excluding ortho intramolecular Hbond substituents is 1. The number of halogens is 3. The molecule has 1 N–H and O–H groups in total. The summed E-state index contributed by atoms with van der Waals surface area (Å²) in [6.45, 7) is 0. The van der Waals surface area contributed by atoms with Crippen molar-refractivity contribution in [2.45, 2.75) is 4.90 Å². The minimum Gasteiger partial charge on any atom is -0.505 e. The normalized spacial score (nSPS) is 11.6. The molecule has 7 heteroatoms. The van der Waals surface area contributed by atoms with E-state index in [0.29, 0.717) is 12.1 Å². The predicted octanol–water partition coefficient (Wildman–Crippen LogP) is 1.33. The van der Waals surface area contributed by atoms with Gasteiger partial charge < -0.3 is 5.11 Å². The molecular formula is C6H3F3O3S. The fourth-order valence-corrected chi connectivity index (χ4v) is 1.37. The standard InChI is InChI=1S/C6H3F3O3S/c7-3-1-2-4(10)5(8)6(3)13(9,11)12/h1-2,10H. The summed E-state index contributed by atoms with van der Waals surface area (Å²) < 4.78 is 57.7. The molecule has 0 fully saturated rings. The van der Waals surface area contributed by atoms with Crippen LogP contribution >= 0.6 is 0 Å². The van der Waals surface area contributed by atoms with Crippen molar-refractivity contribution in [3.05, 3.63) is 23.8 Å². The fourth-order valence-electron chi connectivity index (χ4n) is 0.746. The van der Waals surface area contributed by atoms with Gasteiger partial charge in [-0.05, 0) is 12.1 Å². The third-order valence-electron chi connectivity index (χ3n) is 1.27. The summed E-state index contributed by atoms with van der Waals surface area (Å²) in [5.74, 6) is -4.54. The Kier molecular flexibility index (Phi) is 2.21. The Morgan fingerprint density at radius 3 is 2.15 bits per heavy atom. The Hall–Kier alpha value is -1.24. The Labute approximate surface area is 71.6 Å². The van der Waals surface area contributed by atoms with Crippen molar-refractivity contribution < 1.29 is 26.2 Å². The van der Waals surface area contributed by atoms with Crippen molar-refractivity contribution in [2.24, 2.45) is 0 Å². The van der Waals surface area contributed by atoms with Gasteiger partial charge in [-0.3, -0.25) is 0 Å². The van der Waals surface area contributed by atoms with Crippen molar-refractivity contribution in [3.63, 3.8) is 0 Å². The summed E-state index contributed by atoms with van der Waals surface area (Å²) in [5, 5.41) is 8.62. The van der Waals surface area contributed by atoms with E-state index in [2.05, 4.69) is 0 Å². The van der Waals surface area contributed by atoms with Gasteiger partial charge in [-0.25, -0.2) is 8.78 Å². The molecule has 13 heavy (non-hydrogen) atoms. The zero-order valence-corrected chi connectivity index (χ0v) is 6.78. The van der Waals surface area contributed by atoms with Crippen LogP contribution in [0.25, 0.3) is 0 Å². The molecule has 0 atom stereocenters. The third kappa shape index (κ3) is 1.74. The molecule has 0 aliphatic heterocycles. The summed E-state index contributed by atoms with van der Waals surface area (Å²) >= 11 is 0. The molecule has 1 aromatic rings. The summed E-state index contributed by atoms with van der Waals surface area (Å²) in [7, 11) is -5.50. The molecule has 72 valence electrons. The van der Waals surface area contributed by atoms with E-state index in [-0.39, 0.29) is 0 Å². The molecule has 0 radical (unpaired) electrons. The van der Waals surface area contributed by atoms with Crippen LogP contribution < -0.4 is 0 Å². The van der Waals surface area contributed by atoms with Crippen LogP contribution in [-0.2, 0) is 10.2 Å². The number of rotatable bonds is 1. The van der Waals surface area contributed by atoms with Crippen LogP contribution in [0.15, 0.2) is 17.0 Å². The van der Waals surface area contributed by atoms with E-state index in [4.69, 9.17) is 5.11 Å². The number of phenols is 1. The molecule has 1 aromatic carbocycles. The molecule has 0 aliphatic carbocycles. The van der Waals surface area contributed by atoms with E-state index in [1.165, 1.54) is 0 Å². The Morgan fingerprint density at radius 1 is 1.23 bits per heavy atom. The summed E-state index contributed by atoms with van der Waals surface area (Å²) in [6.07, 6.45) is 0. The maximum Gasteiger partial charge on any atom is 0.338 e. The first-order valence-electron chi connectivity index (χ1n) is 2.95. The average molecular weight is 212 g/mol. The molecule has 0 aliphatic rings. The van der Waals surface area contributed by atoms with Gasteiger partial charge in [0.2, 0.25) is 0 Å². The lowest BCUT2D eigenvalue weighted by Gasteiger charge is -2.00. The Bertz CT molecular complexity index is 441. The summed E-state index contributed by atoms with van der Waals surface area (Å²) in [5.41, 5.74) is 0. The lowest BCUT2D eigenvalue weighted by atomic mass is 10.3. The van der Waals surface area contributed by atoms with Crippen LogP contribution in [0.5, 0.6) is 5.75 Å². The number of aromatic hydroxyl groups is 1. The van der Waals surface area contributed by atoms with Gasteiger partial charge in [-0.1, -0.05) is 0 Å². The smallest absolute Gasteiger partial charge is 0.338 e. The van der Waals surface area contributed by atoms with Crippen LogP contribution in [0.4, 0.5) is 12.7 Å². The van der Waals surface area contributed by atoms with Crippen molar-refractivity contribution in [2.75, 3.05) is 0 Å². The zero-order chi connectivity index (χ0) is 10.2. The first-order chi connectivity index (χ1) is 5.84. The number of benzene rings is 1. The van der Waals surface area contributed by atoms with E-state index in [1.807, 2.05) is 0 Å². The maximum atomic E-state index is 12.6. The van der Waals surface area contributed by atoms with E-state index >= 15 is 0 Å². The highest BCUT2D eigenvalue weighted by atomic mass is 32.3. The fraction of sp³-hybridized carbons (Fsp3) is 0. The first kappa shape index (κ1) is 9.85. The molecule has 3 nitrogen and oxygen atoms in total. The second-order valence-corrected chi connectivity index (χ2v) is 3.43. The molecule has 0 bridgehead atoms.